The minimum Gasteiger partial charge on any atom is -0.382 e. The summed E-state index contributed by atoms with van der Waals surface area (Å²) in [4.78, 5) is 21.7. The van der Waals surface area contributed by atoms with Crippen LogP contribution in [0.1, 0.15) is 21.6 Å². The van der Waals surface area contributed by atoms with Crippen LogP contribution in [0.5, 0.6) is 0 Å². The number of nitrogen functional groups attached to an aromatic ring is 1. The molecule has 1 aromatic heterocycles. The minimum atomic E-state index is -0.232. The first-order chi connectivity index (χ1) is 8.97. The number of carbonyl (C=O) groups excluding carboxylic acids is 1. The summed E-state index contributed by atoms with van der Waals surface area (Å²) in [5, 5.41) is 0. The molecule has 1 amide bonds. The average Bonchev–Trinajstić information content (AvgIpc) is 2.36. The zero-order valence-corrected chi connectivity index (χ0v) is 11.2. The van der Waals surface area contributed by atoms with Gasteiger partial charge >= 0.3 is 0 Å². The maximum Gasteiger partial charge on any atom is 0.278 e. The summed E-state index contributed by atoms with van der Waals surface area (Å²) < 4.78 is 0. The van der Waals surface area contributed by atoms with Crippen molar-refractivity contribution < 1.29 is 4.79 Å². The molecule has 0 aliphatic rings. The van der Waals surface area contributed by atoms with Gasteiger partial charge in [0.2, 0.25) is 0 Å². The molecule has 0 saturated heterocycles. The summed E-state index contributed by atoms with van der Waals surface area (Å²) >= 11 is 0. The number of nitrogens with two attached hydrogens (primary N) is 1. The van der Waals surface area contributed by atoms with Crippen LogP contribution < -0.4 is 10.6 Å². The van der Waals surface area contributed by atoms with Crippen molar-refractivity contribution in [2.24, 2.45) is 0 Å². The Morgan fingerprint density at radius 1 is 1.16 bits per heavy atom. The number of aromatic nitrogens is 2. The highest BCUT2D eigenvalue weighted by Crippen LogP contribution is 2.19. The first-order valence-electron chi connectivity index (χ1n) is 5.91. The predicted molar refractivity (Wildman–Crippen MR) is 75.1 cm³/mol. The van der Waals surface area contributed by atoms with Crippen LogP contribution in [-0.2, 0) is 0 Å². The van der Waals surface area contributed by atoms with Crippen LogP contribution in [0.15, 0.2) is 30.6 Å². The number of carbonyl (C=O) groups is 1. The fourth-order valence-corrected chi connectivity index (χ4v) is 1.92. The molecule has 1 heterocycles. The first kappa shape index (κ1) is 13.0. The number of hydrogen-bond acceptors (Lipinski definition) is 4. The van der Waals surface area contributed by atoms with Gasteiger partial charge in [0.1, 0.15) is 11.5 Å². The molecule has 0 aliphatic carbocycles. The van der Waals surface area contributed by atoms with Gasteiger partial charge in [-0.25, -0.2) is 4.98 Å². The molecule has 98 valence electrons. The SMILES string of the molecule is Cc1cc(C)cc(N(C)C(=O)c2cncc(N)n2)c1. The van der Waals surface area contributed by atoms with E-state index in [1.165, 1.54) is 12.4 Å². The lowest BCUT2D eigenvalue weighted by atomic mass is 10.1. The Bertz CT molecular complexity index is 604. The molecule has 0 saturated carbocycles. The molecule has 5 nitrogen and oxygen atoms in total. The van der Waals surface area contributed by atoms with E-state index in [9.17, 15) is 4.79 Å². The molecule has 2 aromatic rings. The fraction of sp³-hybridized carbons (Fsp3) is 0.214. The lowest BCUT2D eigenvalue weighted by Crippen LogP contribution is -2.27. The monoisotopic (exact) mass is 256 g/mol. The number of nitrogens with zero attached hydrogens (tertiary/aromatic N) is 3. The molecule has 2 N–H and O–H groups in total. The van der Waals surface area contributed by atoms with Gasteiger partial charge in [-0.15, -0.1) is 0 Å². The van der Waals surface area contributed by atoms with E-state index in [0.717, 1.165) is 16.8 Å². The second-order valence-electron chi connectivity index (χ2n) is 4.54. The minimum absolute atomic E-state index is 0.232. The number of anilines is 2. The summed E-state index contributed by atoms with van der Waals surface area (Å²) in [7, 11) is 1.71. The number of hydrogen-bond donors (Lipinski definition) is 1. The van der Waals surface area contributed by atoms with Gasteiger partial charge in [-0.2, -0.15) is 0 Å². The third kappa shape index (κ3) is 2.88. The van der Waals surface area contributed by atoms with E-state index in [0.29, 0.717) is 0 Å². The summed E-state index contributed by atoms with van der Waals surface area (Å²) in [6.45, 7) is 3.99. The quantitative estimate of drug-likeness (QED) is 0.891. The van der Waals surface area contributed by atoms with E-state index in [1.54, 1.807) is 11.9 Å². The van der Waals surface area contributed by atoms with Crippen molar-refractivity contribution in [3.8, 4) is 0 Å². The molecule has 0 bridgehead atoms. The third-order valence-corrected chi connectivity index (χ3v) is 2.77. The van der Waals surface area contributed by atoms with Crippen LogP contribution in [0, 0.1) is 13.8 Å². The van der Waals surface area contributed by atoms with Crippen molar-refractivity contribution in [3.63, 3.8) is 0 Å². The maximum absolute atomic E-state index is 12.3. The van der Waals surface area contributed by atoms with Gasteiger partial charge in [-0.05, 0) is 37.1 Å². The van der Waals surface area contributed by atoms with E-state index in [4.69, 9.17) is 5.73 Å². The fourth-order valence-electron chi connectivity index (χ4n) is 1.92. The normalized spacial score (nSPS) is 10.3. The van der Waals surface area contributed by atoms with Gasteiger partial charge in [0.05, 0.1) is 12.4 Å². The third-order valence-electron chi connectivity index (χ3n) is 2.77. The molecular formula is C14H16N4O. The van der Waals surface area contributed by atoms with Gasteiger partial charge in [-0.3, -0.25) is 9.78 Å². The topological polar surface area (TPSA) is 72.1 Å². The lowest BCUT2D eigenvalue weighted by Gasteiger charge is -2.18. The van der Waals surface area contributed by atoms with E-state index < -0.39 is 0 Å². The Morgan fingerprint density at radius 2 is 1.79 bits per heavy atom. The molecule has 19 heavy (non-hydrogen) atoms. The van der Waals surface area contributed by atoms with Gasteiger partial charge < -0.3 is 10.6 Å². The Balaban J connectivity index is 2.33. The molecular weight excluding hydrogens is 240 g/mol. The van der Waals surface area contributed by atoms with Crippen LogP contribution in [0.2, 0.25) is 0 Å². The average molecular weight is 256 g/mol. The number of aryl methyl sites for hydroxylation is 2. The van der Waals surface area contributed by atoms with Gasteiger partial charge in [-0.1, -0.05) is 6.07 Å². The smallest absolute Gasteiger partial charge is 0.278 e. The lowest BCUT2D eigenvalue weighted by molar-refractivity contribution is 0.0988. The molecule has 0 unspecified atom stereocenters. The van der Waals surface area contributed by atoms with Crippen LogP contribution in [-0.4, -0.2) is 22.9 Å². The van der Waals surface area contributed by atoms with Crippen molar-refractivity contribution >= 4 is 17.4 Å². The molecule has 1 aromatic carbocycles. The van der Waals surface area contributed by atoms with Crippen molar-refractivity contribution in [1.29, 1.82) is 0 Å². The number of rotatable bonds is 2. The molecule has 0 aliphatic heterocycles. The zero-order valence-electron chi connectivity index (χ0n) is 11.2. The van der Waals surface area contributed by atoms with Crippen molar-refractivity contribution in [1.82, 2.24) is 9.97 Å². The molecule has 2 rings (SSSR count). The second-order valence-corrected chi connectivity index (χ2v) is 4.54. The summed E-state index contributed by atoms with van der Waals surface area (Å²) in [6, 6.07) is 5.96. The first-order valence-corrected chi connectivity index (χ1v) is 5.91. The highest BCUT2D eigenvalue weighted by atomic mass is 16.2. The van der Waals surface area contributed by atoms with Gasteiger partial charge in [0.15, 0.2) is 0 Å². The van der Waals surface area contributed by atoms with Gasteiger partial charge in [0, 0.05) is 12.7 Å². The molecule has 0 atom stereocenters. The van der Waals surface area contributed by atoms with Gasteiger partial charge in [0.25, 0.3) is 5.91 Å². The van der Waals surface area contributed by atoms with Crippen LogP contribution >= 0.6 is 0 Å². The van der Waals surface area contributed by atoms with Crippen LogP contribution in [0.4, 0.5) is 11.5 Å². The Morgan fingerprint density at radius 3 is 2.37 bits per heavy atom. The Labute approximate surface area is 112 Å². The van der Waals surface area contributed by atoms with Crippen molar-refractivity contribution in [3.05, 3.63) is 47.4 Å². The van der Waals surface area contributed by atoms with Crippen LogP contribution in [0.25, 0.3) is 0 Å². The molecule has 0 radical (unpaired) electrons. The van der Waals surface area contributed by atoms with E-state index >= 15 is 0 Å². The molecule has 0 spiro atoms. The summed E-state index contributed by atoms with van der Waals surface area (Å²) in [5.41, 5.74) is 8.81. The highest BCUT2D eigenvalue weighted by molar-refractivity contribution is 6.04. The zero-order chi connectivity index (χ0) is 14.0. The van der Waals surface area contributed by atoms with Crippen molar-refractivity contribution in [2.45, 2.75) is 13.8 Å². The number of amides is 1. The molecule has 0 fully saturated rings. The molecule has 5 heteroatoms. The van der Waals surface area contributed by atoms with E-state index in [1.807, 2.05) is 26.0 Å². The van der Waals surface area contributed by atoms with Crippen LogP contribution in [0.3, 0.4) is 0 Å². The Kier molecular flexibility index (Phi) is 3.46. The number of benzene rings is 1. The van der Waals surface area contributed by atoms with Crippen molar-refractivity contribution in [2.75, 3.05) is 17.7 Å². The summed E-state index contributed by atoms with van der Waals surface area (Å²) in [5.74, 6) is 0.00414. The van der Waals surface area contributed by atoms with E-state index in [2.05, 4.69) is 16.0 Å². The Hall–Kier alpha value is -2.43. The van der Waals surface area contributed by atoms with E-state index in [-0.39, 0.29) is 17.4 Å². The second kappa shape index (κ2) is 5.06. The maximum atomic E-state index is 12.3. The standard InChI is InChI=1S/C14H16N4O/c1-9-4-10(2)6-11(5-9)18(3)14(19)12-7-16-8-13(15)17-12/h4-8H,1-3H3,(H2,15,17). The largest absolute Gasteiger partial charge is 0.382 e. The summed E-state index contributed by atoms with van der Waals surface area (Å²) in [6.07, 6.45) is 2.82. The highest BCUT2D eigenvalue weighted by Gasteiger charge is 2.16. The predicted octanol–water partition coefficient (Wildman–Crippen LogP) is 1.95.